The van der Waals surface area contributed by atoms with Gasteiger partial charge in [0, 0.05) is 31.4 Å². The summed E-state index contributed by atoms with van der Waals surface area (Å²) in [5, 5.41) is 2.77. The minimum absolute atomic E-state index is 0.0842. The molecular weight excluding hydrogens is 335 g/mol. The Morgan fingerprint density at radius 3 is 2.58 bits per heavy atom. The van der Waals surface area contributed by atoms with Crippen molar-refractivity contribution in [1.82, 2.24) is 14.9 Å². The van der Waals surface area contributed by atoms with Gasteiger partial charge in [0.25, 0.3) is 5.56 Å². The second-order valence-electron chi connectivity index (χ2n) is 6.57. The summed E-state index contributed by atoms with van der Waals surface area (Å²) in [5.41, 5.74) is 1.22. The summed E-state index contributed by atoms with van der Waals surface area (Å²) in [7, 11) is 0. The highest BCUT2D eigenvalue weighted by atomic mass is 19.1. The van der Waals surface area contributed by atoms with E-state index in [4.69, 9.17) is 0 Å². The van der Waals surface area contributed by atoms with Crippen LogP contribution >= 0.6 is 0 Å². The van der Waals surface area contributed by atoms with Gasteiger partial charge in [0.05, 0.1) is 0 Å². The first kappa shape index (κ1) is 18.1. The Morgan fingerprint density at radius 2 is 1.88 bits per heavy atom. The van der Waals surface area contributed by atoms with Gasteiger partial charge in [-0.15, -0.1) is 0 Å². The fourth-order valence-electron chi connectivity index (χ4n) is 3.09. The van der Waals surface area contributed by atoms with Gasteiger partial charge in [-0.25, -0.2) is 9.37 Å². The maximum atomic E-state index is 12.9. The van der Waals surface area contributed by atoms with Gasteiger partial charge in [-0.05, 0) is 43.9 Å². The summed E-state index contributed by atoms with van der Waals surface area (Å²) < 4.78 is 14.4. The fourth-order valence-corrected chi connectivity index (χ4v) is 3.09. The number of carbonyl (C=O) groups excluding carboxylic acids is 1. The second-order valence-corrected chi connectivity index (χ2v) is 6.57. The number of piperidine rings is 1. The fraction of sp³-hybridized carbons (Fsp3) is 0.421. The molecule has 26 heavy (non-hydrogen) atoms. The number of rotatable bonds is 5. The molecule has 138 valence electrons. The number of aryl methyl sites for hydroxylation is 1. The van der Waals surface area contributed by atoms with Gasteiger partial charge in [0.1, 0.15) is 12.4 Å². The van der Waals surface area contributed by atoms with Crippen molar-refractivity contribution in [2.45, 2.75) is 39.3 Å². The van der Waals surface area contributed by atoms with Crippen LogP contribution < -0.4 is 15.8 Å². The predicted octanol–water partition coefficient (Wildman–Crippen LogP) is 2.00. The Balaban J connectivity index is 1.72. The van der Waals surface area contributed by atoms with E-state index in [-0.39, 0.29) is 30.4 Å². The number of aromatic nitrogens is 2. The number of nitrogens with zero attached hydrogens (tertiary/aromatic N) is 3. The maximum absolute atomic E-state index is 12.9. The van der Waals surface area contributed by atoms with Crippen LogP contribution in [-0.4, -0.2) is 28.5 Å². The number of carbonyl (C=O) groups is 1. The van der Waals surface area contributed by atoms with Gasteiger partial charge in [0.2, 0.25) is 11.9 Å². The number of amides is 1. The molecule has 0 atom stereocenters. The molecule has 1 fully saturated rings. The standard InChI is InChI=1S/C19H23FN4O2/c1-14-11-18(26)24(19(22-14)23-9-3-2-4-10-23)13-17(25)21-12-15-5-7-16(20)8-6-15/h5-8,11H,2-4,9-10,12-13H2,1H3,(H,21,25). The SMILES string of the molecule is Cc1cc(=O)n(CC(=O)NCc2ccc(F)cc2)c(N2CCCCC2)n1. The largest absolute Gasteiger partial charge is 0.350 e. The Labute approximate surface area is 151 Å². The van der Waals surface area contributed by atoms with E-state index in [0.717, 1.165) is 31.5 Å². The zero-order chi connectivity index (χ0) is 18.5. The lowest BCUT2D eigenvalue weighted by Crippen LogP contribution is -2.39. The molecule has 3 rings (SSSR count). The van der Waals surface area contributed by atoms with Gasteiger partial charge < -0.3 is 10.2 Å². The van der Waals surface area contributed by atoms with E-state index in [1.54, 1.807) is 19.1 Å². The molecule has 0 saturated carbocycles. The van der Waals surface area contributed by atoms with E-state index < -0.39 is 0 Å². The Bertz CT molecular complexity index is 826. The van der Waals surface area contributed by atoms with Gasteiger partial charge in [-0.3, -0.25) is 14.2 Å². The van der Waals surface area contributed by atoms with Crippen molar-refractivity contribution in [2.24, 2.45) is 0 Å². The van der Waals surface area contributed by atoms with E-state index in [1.165, 1.54) is 29.2 Å². The molecule has 2 heterocycles. The average Bonchev–Trinajstić information content (AvgIpc) is 2.64. The minimum atomic E-state index is -0.316. The highest BCUT2D eigenvalue weighted by molar-refractivity contribution is 5.76. The summed E-state index contributed by atoms with van der Waals surface area (Å²) in [6, 6.07) is 7.39. The molecule has 2 aromatic rings. The highest BCUT2D eigenvalue weighted by Crippen LogP contribution is 2.16. The molecule has 0 unspecified atom stereocenters. The smallest absolute Gasteiger partial charge is 0.255 e. The van der Waals surface area contributed by atoms with Crippen LogP contribution in [0, 0.1) is 12.7 Å². The molecule has 1 aromatic carbocycles. The molecule has 1 N–H and O–H groups in total. The van der Waals surface area contributed by atoms with Gasteiger partial charge >= 0.3 is 0 Å². The zero-order valence-electron chi connectivity index (χ0n) is 14.9. The first-order chi connectivity index (χ1) is 12.5. The van der Waals surface area contributed by atoms with E-state index in [0.29, 0.717) is 11.6 Å². The van der Waals surface area contributed by atoms with Crippen LogP contribution in [0.3, 0.4) is 0 Å². The molecule has 0 radical (unpaired) electrons. The van der Waals surface area contributed by atoms with Crippen molar-refractivity contribution < 1.29 is 9.18 Å². The average molecular weight is 358 g/mol. The number of benzene rings is 1. The molecule has 0 bridgehead atoms. The van der Waals surface area contributed by atoms with E-state index >= 15 is 0 Å². The van der Waals surface area contributed by atoms with Crippen molar-refractivity contribution in [3.05, 3.63) is 57.8 Å². The first-order valence-corrected chi connectivity index (χ1v) is 8.87. The molecular formula is C19H23FN4O2. The van der Waals surface area contributed by atoms with Crippen LogP contribution in [0.1, 0.15) is 30.5 Å². The van der Waals surface area contributed by atoms with E-state index in [1.807, 2.05) is 0 Å². The first-order valence-electron chi connectivity index (χ1n) is 8.87. The van der Waals surface area contributed by atoms with Gasteiger partial charge in [-0.2, -0.15) is 0 Å². The molecule has 1 aromatic heterocycles. The minimum Gasteiger partial charge on any atom is -0.350 e. The van der Waals surface area contributed by atoms with E-state index in [2.05, 4.69) is 15.2 Å². The molecule has 1 aliphatic heterocycles. The van der Waals surface area contributed by atoms with Crippen molar-refractivity contribution in [2.75, 3.05) is 18.0 Å². The van der Waals surface area contributed by atoms with Crippen LogP contribution in [0.25, 0.3) is 0 Å². The molecule has 1 aliphatic rings. The third kappa shape index (κ3) is 4.47. The predicted molar refractivity (Wildman–Crippen MR) is 97.5 cm³/mol. The van der Waals surface area contributed by atoms with Gasteiger partial charge in [-0.1, -0.05) is 12.1 Å². The Hall–Kier alpha value is -2.70. The molecule has 1 saturated heterocycles. The third-order valence-corrected chi connectivity index (χ3v) is 4.46. The summed E-state index contributed by atoms with van der Waals surface area (Å²) in [6.45, 7) is 3.67. The second kappa shape index (κ2) is 8.12. The summed E-state index contributed by atoms with van der Waals surface area (Å²) in [4.78, 5) is 31.3. The zero-order valence-corrected chi connectivity index (χ0v) is 14.9. The summed E-state index contributed by atoms with van der Waals surface area (Å²) in [5.74, 6) is -0.0319. The Morgan fingerprint density at radius 1 is 1.19 bits per heavy atom. The van der Waals surface area contributed by atoms with Crippen LogP contribution in [0.2, 0.25) is 0 Å². The molecule has 0 aliphatic carbocycles. The Kier molecular flexibility index (Phi) is 5.65. The molecule has 7 heteroatoms. The third-order valence-electron chi connectivity index (χ3n) is 4.46. The molecule has 0 spiro atoms. The molecule has 1 amide bonds. The van der Waals surface area contributed by atoms with Crippen molar-refractivity contribution in [1.29, 1.82) is 0 Å². The summed E-state index contributed by atoms with van der Waals surface area (Å²) in [6.07, 6.45) is 3.28. The number of anilines is 1. The number of hydrogen-bond acceptors (Lipinski definition) is 4. The van der Waals surface area contributed by atoms with Gasteiger partial charge in [0.15, 0.2) is 0 Å². The highest BCUT2D eigenvalue weighted by Gasteiger charge is 2.19. The summed E-state index contributed by atoms with van der Waals surface area (Å²) >= 11 is 0. The van der Waals surface area contributed by atoms with Crippen LogP contribution in [0.5, 0.6) is 0 Å². The van der Waals surface area contributed by atoms with Crippen molar-refractivity contribution in [3.8, 4) is 0 Å². The quantitative estimate of drug-likeness (QED) is 0.888. The number of nitrogens with one attached hydrogen (secondary N) is 1. The van der Waals surface area contributed by atoms with Crippen LogP contribution in [0.4, 0.5) is 10.3 Å². The lowest BCUT2D eigenvalue weighted by molar-refractivity contribution is -0.121. The lowest BCUT2D eigenvalue weighted by atomic mass is 10.1. The maximum Gasteiger partial charge on any atom is 0.255 e. The van der Waals surface area contributed by atoms with Crippen LogP contribution in [-0.2, 0) is 17.9 Å². The molecule has 6 nitrogen and oxygen atoms in total. The number of hydrogen-bond donors (Lipinski definition) is 1. The topological polar surface area (TPSA) is 67.2 Å². The normalized spacial score (nSPS) is 14.3. The van der Waals surface area contributed by atoms with Crippen LogP contribution in [0.15, 0.2) is 35.1 Å². The van der Waals surface area contributed by atoms with Crippen molar-refractivity contribution in [3.63, 3.8) is 0 Å². The number of halogens is 1. The van der Waals surface area contributed by atoms with E-state index in [9.17, 15) is 14.0 Å². The van der Waals surface area contributed by atoms with Crippen molar-refractivity contribution >= 4 is 11.9 Å². The monoisotopic (exact) mass is 358 g/mol. The lowest BCUT2D eigenvalue weighted by Gasteiger charge is -2.29.